The summed E-state index contributed by atoms with van der Waals surface area (Å²) in [6.45, 7) is 1.42. The van der Waals surface area contributed by atoms with Crippen LogP contribution in [0.15, 0.2) is 23.7 Å². The number of benzene rings is 1. The lowest BCUT2D eigenvalue weighted by molar-refractivity contribution is -0.137. The average Bonchev–Trinajstić information content (AvgIpc) is 2.80. The lowest BCUT2D eigenvalue weighted by atomic mass is 9.98. The molecular weight excluding hydrogens is 277 g/mol. The molecule has 3 nitrogen and oxygen atoms in total. The molecule has 0 unspecified atom stereocenters. The maximum Gasteiger partial charge on any atom is 0.417 e. The second kappa shape index (κ2) is 4.65. The van der Waals surface area contributed by atoms with Crippen LogP contribution in [0.4, 0.5) is 13.2 Å². The maximum absolute atomic E-state index is 13.0. The van der Waals surface area contributed by atoms with Crippen molar-refractivity contribution in [2.75, 3.05) is 0 Å². The summed E-state index contributed by atoms with van der Waals surface area (Å²) in [4.78, 5) is 15.1. The van der Waals surface area contributed by atoms with Gasteiger partial charge in [-0.05, 0) is 24.6 Å². The zero-order valence-electron chi connectivity index (χ0n) is 9.78. The molecule has 0 bridgehead atoms. The number of nitrogens with two attached hydrogens (primary N) is 1. The van der Waals surface area contributed by atoms with E-state index in [1.165, 1.54) is 13.1 Å². The first-order chi connectivity index (χ1) is 8.80. The smallest absolute Gasteiger partial charge is 0.366 e. The Bertz CT molecular complexity index is 621. The van der Waals surface area contributed by atoms with E-state index in [9.17, 15) is 18.0 Å². The zero-order chi connectivity index (χ0) is 14.2. The van der Waals surface area contributed by atoms with Gasteiger partial charge in [-0.1, -0.05) is 0 Å². The first-order valence-electron chi connectivity index (χ1n) is 5.22. The molecule has 0 aliphatic rings. The van der Waals surface area contributed by atoms with E-state index in [0.717, 1.165) is 23.5 Å². The average molecular weight is 286 g/mol. The standard InChI is InChI=1S/C12H9F3N2OS/c1-6-4-9(12(13,14)15)8(5-7(6)10(16)18)11-17-2-3-19-11/h2-5H,1H3,(H2,16,18). The maximum atomic E-state index is 13.0. The Balaban J connectivity index is 2.74. The third-order valence-electron chi connectivity index (χ3n) is 2.60. The van der Waals surface area contributed by atoms with Gasteiger partial charge in [0.1, 0.15) is 5.01 Å². The third-order valence-corrected chi connectivity index (χ3v) is 3.40. The molecule has 7 heteroatoms. The molecule has 0 aliphatic heterocycles. The molecule has 100 valence electrons. The summed E-state index contributed by atoms with van der Waals surface area (Å²) in [5, 5.41) is 1.77. The summed E-state index contributed by atoms with van der Waals surface area (Å²) < 4.78 is 39.0. The highest BCUT2D eigenvalue weighted by molar-refractivity contribution is 7.13. The normalized spacial score (nSPS) is 11.6. The molecule has 19 heavy (non-hydrogen) atoms. The number of amides is 1. The Morgan fingerprint density at radius 2 is 2.05 bits per heavy atom. The third kappa shape index (κ3) is 2.60. The van der Waals surface area contributed by atoms with Crippen LogP contribution in [-0.2, 0) is 6.18 Å². The number of carbonyl (C=O) groups excluding carboxylic acids is 1. The first-order valence-corrected chi connectivity index (χ1v) is 6.10. The highest BCUT2D eigenvalue weighted by atomic mass is 32.1. The summed E-state index contributed by atoms with van der Waals surface area (Å²) in [5.74, 6) is -0.760. The Morgan fingerprint density at radius 3 is 2.53 bits per heavy atom. The summed E-state index contributed by atoms with van der Waals surface area (Å²) in [5.41, 5.74) is 4.48. The molecule has 1 amide bonds. The number of carbonyl (C=O) groups is 1. The Labute approximate surface area is 110 Å². The molecule has 0 fully saturated rings. The fraction of sp³-hybridized carbons (Fsp3) is 0.167. The number of nitrogens with zero attached hydrogens (tertiary/aromatic N) is 1. The number of aryl methyl sites for hydroxylation is 1. The molecule has 0 saturated carbocycles. The van der Waals surface area contributed by atoms with E-state index < -0.39 is 17.6 Å². The van der Waals surface area contributed by atoms with E-state index in [1.807, 2.05) is 0 Å². The molecular formula is C12H9F3N2OS. The van der Waals surface area contributed by atoms with Gasteiger partial charge in [0.2, 0.25) is 5.91 Å². The summed E-state index contributed by atoms with van der Waals surface area (Å²) in [6.07, 6.45) is -3.11. The molecule has 1 aromatic carbocycles. The molecule has 0 saturated heterocycles. The second-order valence-corrected chi connectivity index (χ2v) is 4.81. The number of thiazole rings is 1. The van der Waals surface area contributed by atoms with Gasteiger partial charge in [-0.3, -0.25) is 4.79 Å². The van der Waals surface area contributed by atoms with Crippen molar-refractivity contribution in [2.24, 2.45) is 5.73 Å². The molecule has 1 heterocycles. The minimum Gasteiger partial charge on any atom is -0.366 e. The van der Waals surface area contributed by atoms with E-state index in [0.29, 0.717) is 0 Å². The molecule has 2 rings (SSSR count). The van der Waals surface area contributed by atoms with Crippen LogP contribution in [-0.4, -0.2) is 10.9 Å². The highest BCUT2D eigenvalue weighted by Crippen LogP contribution is 2.39. The van der Waals surface area contributed by atoms with Gasteiger partial charge >= 0.3 is 6.18 Å². The largest absolute Gasteiger partial charge is 0.417 e. The van der Waals surface area contributed by atoms with Gasteiger partial charge in [-0.2, -0.15) is 13.2 Å². The van der Waals surface area contributed by atoms with E-state index in [-0.39, 0.29) is 21.7 Å². The second-order valence-electron chi connectivity index (χ2n) is 3.91. The van der Waals surface area contributed by atoms with Crippen molar-refractivity contribution in [3.63, 3.8) is 0 Å². The molecule has 2 N–H and O–H groups in total. The van der Waals surface area contributed by atoms with Crippen molar-refractivity contribution in [1.29, 1.82) is 0 Å². The van der Waals surface area contributed by atoms with Crippen LogP contribution in [0.1, 0.15) is 21.5 Å². The number of hydrogen-bond acceptors (Lipinski definition) is 3. The lowest BCUT2D eigenvalue weighted by Crippen LogP contribution is -2.15. The van der Waals surface area contributed by atoms with Crippen LogP contribution in [0, 0.1) is 6.92 Å². The summed E-state index contributed by atoms with van der Waals surface area (Å²) in [6, 6.07) is 2.08. The number of primary amides is 1. The fourth-order valence-electron chi connectivity index (χ4n) is 1.74. The highest BCUT2D eigenvalue weighted by Gasteiger charge is 2.35. The topological polar surface area (TPSA) is 56.0 Å². The van der Waals surface area contributed by atoms with Crippen molar-refractivity contribution in [1.82, 2.24) is 4.98 Å². The molecule has 2 aromatic rings. The number of aromatic nitrogens is 1. The van der Waals surface area contributed by atoms with Crippen molar-refractivity contribution in [3.8, 4) is 10.6 Å². The van der Waals surface area contributed by atoms with E-state index in [2.05, 4.69) is 4.98 Å². The Kier molecular flexibility index (Phi) is 3.32. The summed E-state index contributed by atoms with van der Waals surface area (Å²) in [7, 11) is 0. The van der Waals surface area contributed by atoms with Gasteiger partial charge in [-0.25, -0.2) is 4.98 Å². The first kappa shape index (κ1) is 13.5. The predicted octanol–water partition coefficient (Wildman–Crippen LogP) is 3.24. The molecule has 0 aliphatic carbocycles. The number of hydrogen-bond donors (Lipinski definition) is 1. The van der Waals surface area contributed by atoms with Crippen LogP contribution >= 0.6 is 11.3 Å². The van der Waals surface area contributed by atoms with Crippen LogP contribution in [0.2, 0.25) is 0 Å². The quantitative estimate of drug-likeness (QED) is 0.921. The number of rotatable bonds is 2. The monoisotopic (exact) mass is 286 g/mol. The molecule has 0 spiro atoms. The zero-order valence-corrected chi connectivity index (χ0v) is 10.6. The Hall–Kier alpha value is -1.89. The van der Waals surface area contributed by atoms with Crippen LogP contribution in [0.5, 0.6) is 0 Å². The number of halogens is 3. The van der Waals surface area contributed by atoms with Crippen molar-refractivity contribution in [3.05, 3.63) is 40.4 Å². The van der Waals surface area contributed by atoms with Crippen molar-refractivity contribution >= 4 is 17.2 Å². The SMILES string of the molecule is Cc1cc(C(F)(F)F)c(-c2nccs2)cc1C(N)=O. The molecule has 0 radical (unpaired) electrons. The van der Waals surface area contributed by atoms with Crippen LogP contribution in [0.25, 0.3) is 10.6 Å². The fourth-order valence-corrected chi connectivity index (χ4v) is 2.41. The van der Waals surface area contributed by atoms with Crippen LogP contribution in [0.3, 0.4) is 0 Å². The van der Waals surface area contributed by atoms with Gasteiger partial charge in [-0.15, -0.1) is 11.3 Å². The lowest BCUT2D eigenvalue weighted by Gasteiger charge is -2.14. The van der Waals surface area contributed by atoms with Crippen molar-refractivity contribution in [2.45, 2.75) is 13.1 Å². The van der Waals surface area contributed by atoms with Gasteiger partial charge in [0.15, 0.2) is 0 Å². The van der Waals surface area contributed by atoms with Gasteiger partial charge in [0.05, 0.1) is 5.56 Å². The molecule has 0 atom stereocenters. The van der Waals surface area contributed by atoms with Gasteiger partial charge in [0, 0.05) is 22.7 Å². The predicted molar refractivity (Wildman–Crippen MR) is 65.8 cm³/mol. The Morgan fingerprint density at radius 1 is 1.37 bits per heavy atom. The number of alkyl halides is 3. The van der Waals surface area contributed by atoms with E-state index >= 15 is 0 Å². The minimum atomic E-state index is -4.51. The van der Waals surface area contributed by atoms with Crippen LogP contribution < -0.4 is 5.73 Å². The van der Waals surface area contributed by atoms with Gasteiger partial charge in [0.25, 0.3) is 0 Å². The van der Waals surface area contributed by atoms with E-state index in [1.54, 1.807) is 5.38 Å². The van der Waals surface area contributed by atoms with E-state index in [4.69, 9.17) is 5.73 Å². The van der Waals surface area contributed by atoms with Gasteiger partial charge < -0.3 is 5.73 Å². The van der Waals surface area contributed by atoms with Crippen molar-refractivity contribution < 1.29 is 18.0 Å². The minimum absolute atomic E-state index is 0.0678. The molecule has 1 aromatic heterocycles. The summed E-state index contributed by atoms with van der Waals surface area (Å²) >= 11 is 1.07.